The molecule has 0 aliphatic carbocycles. The number of thioether (sulfide) groups is 2. The predicted octanol–water partition coefficient (Wildman–Crippen LogP) is 8.13. The Kier molecular flexibility index (Phi) is 20.9. The number of ether oxygens (including phenoxy) is 5. The van der Waals surface area contributed by atoms with Gasteiger partial charge in [-0.2, -0.15) is 0 Å². The van der Waals surface area contributed by atoms with Crippen molar-refractivity contribution in [1.82, 2.24) is 34.6 Å². The van der Waals surface area contributed by atoms with Gasteiger partial charge in [-0.05, 0) is 83.6 Å². The van der Waals surface area contributed by atoms with Gasteiger partial charge in [0.25, 0.3) is 11.1 Å². The highest BCUT2D eigenvalue weighted by atomic mass is 32.2. The number of rotatable bonds is 29. The van der Waals surface area contributed by atoms with E-state index in [1.807, 2.05) is 147 Å². The minimum absolute atomic E-state index is 0.140. The number of hydrogen-bond acceptors (Lipinski definition) is 14. The molecule has 0 radical (unpaired) electrons. The molecule has 19 heteroatoms. The van der Waals surface area contributed by atoms with Crippen LogP contribution in [0.1, 0.15) is 48.3 Å². The lowest BCUT2D eigenvalue weighted by Crippen LogP contribution is -2.47. The molecule has 3 amide bonds. The van der Waals surface area contributed by atoms with Crippen molar-refractivity contribution in [3.05, 3.63) is 165 Å². The average molecular weight is 1120 g/mol. The first-order valence-corrected chi connectivity index (χ1v) is 29.0. The molecule has 2 N–H and O–H groups in total. The van der Waals surface area contributed by atoms with Crippen LogP contribution in [0.3, 0.4) is 0 Å². The zero-order valence-electron chi connectivity index (χ0n) is 45.1. The van der Waals surface area contributed by atoms with E-state index in [0.29, 0.717) is 131 Å². The van der Waals surface area contributed by atoms with Gasteiger partial charge in [0.05, 0.1) is 87.9 Å². The number of benzene rings is 6. The summed E-state index contributed by atoms with van der Waals surface area (Å²) in [5.74, 6) is -0.649. The van der Waals surface area contributed by atoms with E-state index >= 15 is 0 Å². The fourth-order valence-electron chi connectivity index (χ4n) is 9.65. The van der Waals surface area contributed by atoms with Crippen molar-refractivity contribution in [1.29, 1.82) is 0 Å². The van der Waals surface area contributed by atoms with E-state index in [1.54, 1.807) is 14.0 Å². The van der Waals surface area contributed by atoms with E-state index in [9.17, 15) is 24.0 Å². The van der Waals surface area contributed by atoms with Crippen LogP contribution in [-0.2, 0) is 51.2 Å². The smallest absolute Gasteiger partial charge is 0.262 e. The van der Waals surface area contributed by atoms with Crippen LogP contribution in [0.15, 0.2) is 153 Å². The van der Waals surface area contributed by atoms with Crippen molar-refractivity contribution in [2.45, 2.75) is 66.6 Å². The standard InChI is InChI=1S/C61H67N7O10S2/c1-3-66-57(71)48-38-44-20-11-13-22-46(44)40-50(48)64-60(66)79-53(42-16-7-5-8-17-42)56(70)63-26-29-75-31-33-77-35-37-78-36-34-76-32-30-74-28-25-62-55(69)52-24-15-27-68(52)59(73)54(43-18-9-6-10-19-43)80-61-65-51-41-47-23-14-12-21-45(47)39-49(51)58(72)67(61)4-2/h5-14,16-23,38-41,52-54H,3-4,15,24-37H2,1-2H3,(H,62,69)(H,63,70)/t52-,53?,54?/m1/s1. The maximum absolute atomic E-state index is 14.5. The molecule has 9 rings (SSSR count). The Hall–Kier alpha value is -6.97. The highest BCUT2D eigenvalue weighted by molar-refractivity contribution is 8.00. The summed E-state index contributed by atoms with van der Waals surface area (Å²) in [6.07, 6.45) is 1.23. The molecule has 6 aromatic carbocycles. The molecular formula is C61H67N7O10S2. The Morgan fingerprint density at radius 3 is 1.40 bits per heavy atom. The van der Waals surface area contributed by atoms with Crippen LogP contribution < -0.4 is 21.8 Å². The Morgan fingerprint density at radius 1 is 0.537 bits per heavy atom. The van der Waals surface area contributed by atoms with Crippen LogP contribution >= 0.6 is 23.5 Å². The number of carbonyl (C=O) groups is 3. The van der Waals surface area contributed by atoms with Crippen molar-refractivity contribution < 1.29 is 38.1 Å². The van der Waals surface area contributed by atoms with Gasteiger partial charge in [-0.3, -0.25) is 33.1 Å². The monoisotopic (exact) mass is 1120 g/mol. The molecule has 1 saturated heterocycles. The lowest BCUT2D eigenvalue weighted by atomic mass is 10.1. The number of carbonyl (C=O) groups excluding carboxylic acids is 3. The van der Waals surface area contributed by atoms with Gasteiger partial charge in [0.2, 0.25) is 17.7 Å². The first-order chi connectivity index (χ1) is 39.2. The minimum atomic E-state index is -0.734. The lowest BCUT2D eigenvalue weighted by molar-refractivity contribution is -0.138. The Morgan fingerprint density at radius 2 is 0.938 bits per heavy atom. The van der Waals surface area contributed by atoms with Crippen LogP contribution in [0.4, 0.5) is 0 Å². The Labute approximate surface area is 472 Å². The molecule has 0 bridgehead atoms. The predicted molar refractivity (Wildman–Crippen MR) is 313 cm³/mol. The molecule has 17 nitrogen and oxygen atoms in total. The molecular weight excluding hydrogens is 1050 g/mol. The second kappa shape index (κ2) is 29.0. The normalized spacial score (nSPS) is 14.3. The molecule has 1 fully saturated rings. The fraction of sp³-hybridized carbons (Fsp3) is 0.361. The Bertz CT molecular complexity index is 3510. The number of likely N-dealkylation sites (tertiary alicyclic amines) is 1. The summed E-state index contributed by atoms with van der Waals surface area (Å²) in [7, 11) is 0. The zero-order chi connectivity index (χ0) is 55.6. The molecule has 3 atom stereocenters. The van der Waals surface area contributed by atoms with Gasteiger partial charge in [0.1, 0.15) is 16.5 Å². The van der Waals surface area contributed by atoms with Crippen LogP contribution in [0.5, 0.6) is 0 Å². The van der Waals surface area contributed by atoms with Crippen LogP contribution in [0, 0.1) is 0 Å². The first-order valence-electron chi connectivity index (χ1n) is 27.3. The highest BCUT2D eigenvalue weighted by Crippen LogP contribution is 2.39. The molecule has 3 heterocycles. The van der Waals surface area contributed by atoms with Gasteiger partial charge < -0.3 is 39.2 Å². The fourth-order valence-corrected chi connectivity index (χ4v) is 12.1. The van der Waals surface area contributed by atoms with Gasteiger partial charge in [-0.1, -0.05) is 133 Å². The summed E-state index contributed by atoms with van der Waals surface area (Å²) in [5.41, 5.74) is 2.42. The summed E-state index contributed by atoms with van der Waals surface area (Å²) in [5, 5.41) is 10.4. The molecule has 0 spiro atoms. The highest BCUT2D eigenvalue weighted by Gasteiger charge is 2.39. The van der Waals surface area contributed by atoms with Crippen molar-refractivity contribution in [2.75, 3.05) is 85.7 Å². The summed E-state index contributed by atoms with van der Waals surface area (Å²) in [6.45, 7) is 9.12. The van der Waals surface area contributed by atoms with Gasteiger partial charge in [-0.15, -0.1) is 0 Å². The molecule has 8 aromatic rings. The number of nitrogens with one attached hydrogen (secondary N) is 2. The summed E-state index contributed by atoms with van der Waals surface area (Å²) in [4.78, 5) is 80.8. The number of aromatic nitrogens is 4. The van der Waals surface area contributed by atoms with Crippen molar-refractivity contribution in [3.63, 3.8) is 0 Å². The quantitative estimate of drug-likeness (QED) is 0.0198. The zero-order valence-corrected chi connectivity index (χ0v) is 46.7. The SMILES string of the molecule is CCn1c(SC(C(=O)NCCOCCOCCOCCOCCOCCNC(=O)[C@H]2CCCN2C(=O)C(Sc2nc3cc4ccccc4cc3c(=O)n2CC)c2ccccc2)c2ccccc2)nc2cc3ccccc3cc2c1=O. The summed E-state index contributed by atoms with van der Waals surface area (Å²) >= 11 is 2.50. The second-order valence-corrected chi connectivity index (χ2v) is 21.1. The molecule has 0 saturated carbocycles. The molecule has 80 heavy (non-hydrogen) atoms. The van der Waals surface area contributed by atoms with Gasteiger partial charge in [-0.25, -0.2) is 9.97 Å². The number of hydrogen-bond donors (Lipinski definition) is 2. The maximum atomic E-state index is 14.5. The number of amides is 3. The first kappa shape index (κ1) is 57.7. The van der Waals surface area contributed by atoms with Crippen molar-refractivity contribution >= 4 is 84.6 Å². The molecule has 2 aromatic heterocycles. The van der Waals surface area contributed by atoms with E-state index < -0.39 is 16.5 Å². The third kappa shape index (κ3) is 14.5. The lowest BCUT2D eigenvalue weighted by Gasteiger charge is -2.28. The van der Waals surface area contributed by atoms with Gasteiger partial charge >= 0.3 is 0 Å². The largest absolute Gasteiger partial charge is 0.377 e. The van der Waals surface area contributed by atoms with Crippen LogP contribution in [0.2, 0.25) is 0 Å². The van der Waals surface area contributed by atoms with E-state index in [0.717, 1.165) is 32.7 Å². The average Bonchev–Trinajstić information content (AvgIpc) is 4.12. The molecule has 2 unspecified atom stereocenters. The second-order valence-electron chi connectivity index (χ2n) is 19.0. The van der Waals surface area contributed by atoms with Gasteiger partial charge in [0, 0.05) is 32.7 Å². The van der Waals surface area contributed by atoms with Crippen LogP contribution in [0.25, 0.3) is 43.4 Å². The van der Waals surface area contributed by atoms with Crippen molar-refractivity contribution in [3.8, 4) is 0 Å². The summed E-state index contributed by atoms with van der Waals surface area (Å²) in [6, 6.07) is 41.6. The van der Waals surface area contributed by atoms with Gasteiger partial charge in [0.15, 0.2) is 10.3 Å². The number of nitrogens with zero attached hydrogens (tertiary/aromatic N) is 5. The third-order valence-electron chi connectivity index (χ3n) is 13.7. The minimum Gasteiger partial charge on any atom is -0.377 e. The molecule has 1 aliphatic rings. The Balaban J connectivity index is 0.625. The van der Waals surface area contributed by atoms with Crippen molar-refractivity contribution in [2.24, 2.45) is 0 Å². The molecule has 1 aliphatic heterocycles. The summed E-state index contributed by atoms with van der Waals surface area (Å²) < 4.78 is 31.6. The topological polar surface area (TPSA) is 194 Å². The van der Waals surface area contributed by atoms with Crippen LogP contribution in [-0.4, -0.2) is 133 Å². The maximum Gasteiger partial charge on any atom is 0.262 e. The molecule has 418 valence electrons. The number of fused-ring (bicyclic) bond motifs is 4. The van der Waals surface area contributed by atoms with E-state index in [1.165, 1.54) is 23.5 Å². The third-order valence-corrected chi connectivity index (χ3v) is 16.2. The van der Waals surface area contributed by atoms with E-state index in [2.05, 4.69) is 10.6 Å². The van der Waals surface area contributed by atoms with E-state index in [4.69, 9.17) is 33.7 Å². The van der Waals surface area contributed by atoms with E-state index in [-0.39, 0.29) is 42.0 Å².